The highest BCUT2D eigenvalue weighted by Crippen LogP contribution is 2.26. The Bertz CT molecular complexity index is 925. The number of carbonyl (C=O) groups excluding carboxylic acids is 2. The average molecular weight is 425 g/mol. The summed E-state index contributed by atoms with van der Waals surface area (Å²) in [7, 11) is 0. The molecule has 0 bridgehead atoms. The number of aryl methyl sites for hydroxylation is 1. The standard InChI is InChI=1S/C25H29FN2O3/c1-18-6-2-5-9-23(18)25(30)27-14-15-31-22(16-27)17-28(21-7-3-4-8-21)24(29)19-10-12-20(26)13-11-19/h2,5-6,9-13,21-22H,3-4,7-8,14-17H2,1H3. The molecule has 2 amide bonds. The van der Waals surface area contributed by atoms with Crippen LogP contribution in [0, 0.1) is 12.7 Å². The van der Waals surface area contributed by atoms with Gasteiger partial charge in [-0.25, -0.2) is 4.39 Å². The van der Waals surface area contributed by atoms with E-state index in [-0.39, 0.29) is 29.8 Å². The molecule has 164 valence electrons. The fourth-order valence-electron chi connectivity index (χ4n) is 4.59. The van der Waals surface area contributed by atoms with Crippen molar-refractivity contribution >= 4 is 11.8 Å². The van der Waals surface area contributed by atoms with Crippen molar-refractivity contribution in [1.82, 2.24) is 9.80 Å². The molecule has 5 nitrogen and oxygen atoms in total. The van der Waals surface area contributed by atoms with Gasteiger partial charge in [-0.1, -0.05) is 31.0 Å². The van der Waals surface area contributed by atoms with Crippen LogP contribution < -0.4 is 0 Å². The van der Waals surface area contributed by atoms with Crippen molar-refractivity contribution in [3.05, 3.63) is 71.0 Å². The molecule has 1 heterocycles. The van der Waals surface area contributed by atoms with Crippen LogP contribution in [0.5, 0.6) is 0 Å². The molecule has 6 heteroatoms. The largest absolute Gasteiger partial charge is 0.373 e. The van der Waals surface area contributed by atoms with E-state index in [1.807, 2.05) is 41.0 Å². The Labute approximate surface area is 182 Å². The van der Waals surface area contributed by atoms with Crippen LogP contribution in [-0.2, 0) is 4.74 Å². The highest BCUT2D eigenvalue weighted by molar-refractivity contribution is 5.96. The first-order valence-electron chi connectivity index (χ1n) is 11.1. The monoisotopic (exact) mass is 424 g/mol. The molecule has 1 unspecified atom stereocenters. The van der Waals surface area contributed by atoms with Gasteiger partial charge in [0.2, 0.25) is 0 Å². The van der Waals surface area contributed by atoms with Crippen LogP contribution in [0.25, 0.3) is 0 Å². The minimum Gasteiger partial charge on any atom is -0.373 e. The van der Waals surface area contributed by atoms with Gasteiger partial charge in [0.05, 0.1) is 12.7 Å². The molecule has 1 aliphatic heterocycles. The lowest BCUT2D eigenvalue weighted by molar-refractivity contribution is -0.0371. The maximum Gasteiger partial charge on any atom is 0.254 e. The zero-order valence-electron chi connectivity index (χ0n) is 17.9. The maximum atomic E-state index is 13.3. The molecule has 2 fully saturated rings. The van der Waals surface area contributed by atoms with Crippen molar-refractivity contribution < 1.29 is 18.7 Å². The van der Waals surface area contributed by atoms with Gasteiger partial charge >= 0.3 is 0 Å². The van der Waals surface area contributed by atoms with Crippen LogP contribution in [0.1, 0.15) is 52.0 Å². The van der Waals surface area contributed by atoms with E-state index in [0.29, 0.717) is 37.4 Å². The molecule has 1 saturated heterocycles. The van der Waals surface area contributed by atoms with Crippen LogP contribution >= 0.6 is 0 Å². The Balaban J connectivity index is 1.48. The van der Waals surface area contributed by atoms with E-state index in [1.54, 1.807) is 0 Å². The van der Waals surface area contributed by atoms with E-state index in [1.165, 1.54) is 24.3 Å². The highest BCUT2D eigenvalue weighted by Gasteiger charge is 2.33. The number of rotatable bonds is 5. The number of benzene rings is 2. The van der Waals surface area contributed by atoms with Gasteiger partial charge in [-0.15, -0.1) is 0 Å². The molecule has 4 rings (SSSR count). The average Bonchev–Trinajstić information content (AvgIpc) is 3.32. The lowest BCUT2D eigenvalue weighted by atomic mass is 10.1. The number of hydrogen-bond donors (Lipinski definition) is 0. The summed E-state index contributed by atoms with van der Waals surface area (Å²) in [5, 5.41) is 0. The lowest BCUT2D eigenvalue weighted by Crippen LogP contribution is -2.52. The van der Waals surface area contributed by atoms with Crippen LogP contribution in [-0.4, -0.2) is 60.0 Å². The Morgan fingerprint density at radius 1 is 1.10 bits per heavy atom. The van der Waals surface area contributed by atoms with E-state index in [0.717, 1.165) is 31.2 Å². The SMILES string of the molecule is Cc1ccccc1C(=O)N1CCOC(CN(C(=O)c2ccc(F)cc2)C2CCCC2)C1. The van der Waals surface area contributed by atoms with Crippen molar-refractivity contribution in [2.45, 2.75) is 44.8 Å². The molecule has 1 aliphatic carbocycles. The number of ether oxygens (including phenoxy) is 1. The Morgan fingerprint density at radius 3 is 2.52 bits per heavy atom. The molecule has 0 radical (unpaired) electrons. The molecule has 2 aromatic carbocycles. The van der Waals surface area contributed by atoms with Gasteiger partial charge in [0, 0.05) is 36.8 Å². The third kappa shape index (κ3) is 4.96. The summed E-state index contributed by atoms with van der Waals surface area (Å²) in [6, 6.07) is 13.5. The van der Waals surface area contributed by atoms with Crippen molar-refractivity contribution in [3.63, 3.8) is 0 Å². The molecule has 2 aliphatic rings. The minimum atomic E-state index is -0.357. The maximum absolute atomic E-state index is 13.3. The second kappa shape index (κ2) is 9.60. The minimum absolute atomic E-state index is 0.00341. The summed E-state index contributed by atoms with van der Waals surface area (Å²) in [6.45, 7) is 3.81. The molecule has 0 spiro atoms. The summed E-state index contributed by atoms with van der Waals surface area (Å²) in [5.41, 5.74) is 2.14. The first-order chi connectivity index (χ1) is 15.0. The zero-order chi connectivity index (χ0) is 21.8. The number of morpholine rings is 1. The third-order valence-electron chi connectivity index (χ3n) is 6.32. The van der Waals surface area contributed by atoms with Crippen molar-refractivity contribution in [3.8, 4) is 0 Å². The molecule has 0 N–H and O–H groups in total. The molecule has 2 aromatic rings. The van der Waals surface area contributed by atoms with Gasteiger partial charge < -0.3 is 14.5 Å². The quantitative estimate of drug-likeness (QED) is 0.727. The van der Waals surface area contributed by atoms with Crippen LogP contribution in [0.2, 0.25) is 0 Å². The summed E-state index contributed by atoms with van der Waals surface area (Å²) < 4.78 is 19.3. The fraction of sp³-hybridized carbons (Fsp3) is 0.440. The fourth-order valence-corrected chi connectivity index (χ4v) is 4.59. The van der Waals surface area contributed by atoms with Gasteiger partial charge in [0.1, 0.15) is 5.82 Å². The number of hydrogen-bond acceptors (Lipinski definition) is 3. The lowest BCUT2D eigenvalue weighted by Gasteiger charge is -2.38. The van der Waals surface area contributed by atoms with Crippen LogP contribution in [0.4, 0.5) is 4.39 Å². The van der Waals surface area contributed by atoms with E-state index in [4.69, 9.17) is 4.74 Å². The van der Waals surface area contributed by atoms with E-state index < -0.39 is 0 Å². The van der Waals surface area contributed by atoms with E-state index >= 15 is 0 Å². The van der Waals surface area contributed by atoms with Crippen LogP contribution in [0.3, 0.4) is 0 Å². The van der Waals surface area contributed by atoms with Crippen molar-refractivity contribution in [2.24, 2.45) is 0 Å². The van der Waals surface area contributed by atoms with Gasteiger partial charge in [0.25, 0.3) is 11.8 Å². The predicted molar refractivity (Wildman–Crippen MR) is 117 cm³/mol. The molecule has 0 aromatic heterocycles. The number of nitrogens with zero attached hydrogens (tertiary/aromatic N) is 2. The van der Waals surface area contributed by atoms with Gasteiger partial charge in [0.15, 0.2) is 0 Å². The molecular weight excluding hydrogens is 395 g/mol. The summed E-state index contributed by atoms with van der Waals surface area (Å²) in [6.07, 6.45) is 3.88. The van der Waals surface area contributed by atoms with Crippen LogP contribution in [0.15, 0.2) is 48.5 Å². The molecule has 31 heavy (non-hydrogen) atoms. The third-order valence-corrected chi connectivity index (χ3v) is 6.32. The van der Waals surface area contributed by atoms with Gasteiger partial charge in [-0.05, 0) is 55.7 Å². The highest BCUT2D eigenvalue weighted by atomic mass is 19.1. The number of halogens is 1. The topological polar surface area (TPSA) is 49.9 Å². The van der Waals surface area contributed by atoms with E-state index in [2.05, 4.69) is 0 Å². The Kier molecular flexibility index (Phi) is 6.66. The van der Waals surface area contributed by atoms with Crippen molar-refractivity contribution in [1.29, 1.82) is 0 Å². The second-order valence-corrected chi connectivity index (χ2v) is 8.46. The second-order valence-electron chi connectivity index (χ2n) is 8.46. The molecule has 1 atom stereocenters. The molecule has 1 saturated carbocycles. The predicted octanol–water partition coefficient (Wildman–Crippen LogP) is 4.06. The van der Waals surface area contributed by atoms with Gasteiger partial charge in [-0.2, -0.15) is 0 Å². The molecular formula is C25H29FN2O3. The Hall–Kier alpha value is -2.73. The number of carbonyl (C=O) groups is 2. The summed E-state index contributed by atoms with van der Waals surface area (Å²) in [4.78, 5) is 30.0. The van der Waals surface area contributed by atoms with Gasteiger partial charge in [-0.3, -0.25) is 9.59 Å². The summed E-state index contributed by atoms with van der Waals surface area (Å²) in [5.74, 6) is -0.452. The zero-order valence-corrected chi connectivity index (χ0v) is 17.9. The first kappa shape index (κ1) is 21.5. The smallest absolute Gasteiger partial charge is 0.254 e. The first-order valence-corrected chi connectivity index (χ1v) is 11.1. The number of amides is 2. The van der Waals surface area contributed by atoms with E-state index in [9.17, 15) is 14.0 Å². The Morgan fingerprint density at radius 2 is 1.81 bits per heavy atom. The van der Waals surface area contributed by atoms with Crippen molar-refractivity contribution in [2.75, 3.05) is 26.2 Å². The summed E-state index contributed by atoms with van der Waals surface area (Å²) >= 11 is 0. The normalized spacial score (nSPS) is 19.4.